The molecular weight excluding hydrogens is 284 g/mol. The van der Waals surface area contributed by atoms with E-state index in [4.69, 9.17) is 27.8 Å². The van der Waals surface area contributed by atoms with Crippen LogP contribution in [0.3, 0.4) is 0 Å². The number of rotatable bonds is 5. The van der Waals surface area contributed by atoms with E-state index in [1.807, 2.05) is 0 Å². The maximum atomic E-state index is 11.0. The fourth-order valence-corrected chi connectivity index (χ4v) is 2.21. The van der Waals surface area contributed by atoms with Gasteiger partial charge in [-0.05, 0) is 18.9 Å². The minimum Gasteiger partial charge on any atom is -0.367 e. The third kappa shape index (κ3) is 3.37. The van der Waals surface area contributed by atoms with Gasteiger partial charge in [-0.2, -0.15) is 0 Å². The molecule has 1 aromatic rings. The number of ether oxygens (including phenoxy) is 1. The van der Waals surface area contributed by atoms with Crippen molar-refractivity contribution in [2.24, 2.45) is 11.5 Å². The number of nitrogens with two attached hydrogens (primary N) is 2. The summed E-state index contributed by atoms with van der Waals surface area (Å²) in [5.74, 6) is -0.605. The van der Waals surface area contributed by atoms with Gasteiger partial charge in [-0.3, -0.25) is 9.59 Å². The third-order valence-corrected chi connectivity index (χ3v) is 3.34. The fraction of sp³-hybridized carbons (Fsp3) is 0.417. The van der Waals surface area contributed by atoms with Crippen molar-refractivity contribution in [3.05, 3.63) is 22.8 Å². The van der Waals surface area contributed by atoms with E-state index < -0.39 is 17.9 Å². The van der Waals surface area contributed by atoms with Crippen molar-refractivity contribution in [3.8, 4) is 0 Å². The van der Waals surface area contributed by atoms with Crippen molar-refractivity contribution in [2.75, 3.05) is 11.9 Å². The number of carbonyl (C=O) groups excluding carboxylic acids is 2. The second-order valence-corrected chi connectivity index (χ2v) is 4.93. The van der Waals surface area contributed by atoms with Gasteiger partial charge >= 0.3 is 0 Å². The topological polar surface area (TPSA) is 120 Å². The van der Waals surface area contributed by atoms with Crippen LogP contribution in [0, 0.1) is 0 Å². The number of amides is 2. The molecule has 2 rings (SSSR count). The number of primary amides is 2. The summed E-state index contributed by atoms with van der Waals surface area (Å²) in [5, 5.41) is 3.31. The molecule has 0 radical (unpaired) electrons. The summed E-state index contributed by atoms with van der Waals surface area (Å²) in [7, 11) is 0. The Bertz CT molecular complexity index is 537. The first-order valence-electron chi connectivity index (χ1n) is 6.11. The molecule has 5 N–H and O–H groups in total. The van der Waals surface area contributed by atoms with Gasteiger partial charge < -0.3 is 21.5 Å². The number of carbonyl (C=O) groups is 2. The van der Waals surface area contributed by atoms with Crippen LogP contribution in [0.1, 0.15) is 23.2 Å². The lowest BCUT2D eigenvalue weighted by Gasteiger charge is -2.14. The van der Waals surface area contributed by atoms with Gasteiger partial charge in [-0.15, -0.1) is 0 Å². The molecule has 2 heterocycles. The second-order valence-electron chi connectivity index (χ2n) is 4.53. The lowest BCUT2D eigenvalue weighted by Crippen LogP contribution is -2.30. The van der Waals surface area contributed by atoms with Gasteiger partial charge in [0, 0.05) is 12.7 Å². The highest BCUT2D eigenvalue weighted by molar-refractivity contribution is 6.33. The summed E-state index contributed by atoms with van der Waals surface area (Å²) in [4.78, 5) is 26.0. The van der Waals surface area contributed by atoms with Gasteiger partial charge in [-0.1, -0.05) is 11.6 Å². The molecule has 2 amide bonds. The zero-order chi connectivity index (χ0) is 14.7. The Morgan fingerprint density at radius 2 is 2.20 bits per heavy atom. The quantitative estimate of drug-likeness (QED) is 0.721. The Morgan fingerprint density at radius 3 is 2.75 bits per heavy atom. The molecular formula is C12H15ClN4O3. The Hall–Kier alpha value is -1.86. The molecule has 1 saturated heterocycles. The summed E-state index contributed by atoms with van der Waals surface area (Å²) in [6, 6.07) is 1.45. The first kappa shape index (κ1) is 14.5. The summed E-state index contributed by atoms with van der Waals surface area (Å²) >= 11 is 5.99. The van der Waals surface area contributed by atoms with Gasteiger partial charge in [0.05, 0.1) is 16.7 Å². The number of hydrogen-bond donors (Lipinski definition) is 3. The van der Waals surface area contributed by atoms with Gasteiger partial charge in [0.15, 0.2) is 0 Å². The molecule has 1 fully saturated rings. The molecule has 0 aliphatic carbocycles. The van der Waals surface area contributed by atoms with Crippen molar-refractivity contribution >= 4 is 29.2 Å². The van der Waals surface area contributed by atoms with Crippen LogP contribution in [0.5, 0.6) is 0 Å². The molecule has 8 heteroatoms. The zero-order valence-corrected chi connectivity index (χ0v) is 11.4. The van der Waals surface area contributed by atoms with Gasteiger partial charge in [0.1, 0.15) is 11.9 Å². The zero-order valence-electron chi connectivity index (χ0n) is 10.6. The van der Waals surface area contributed by atoms with Crippen molar-refractivity contribution in [2.45, 2.75) is 25.0 Å². The number of pyridine rings is 1. The number of anilines is 1. The highest BCUT2D eigenvalue weighted by Crippen LogP contribution is 2.23. The lowest BCUT2D eigenvalue weighted by molar-refractivity contribution is -0.128. The summed E-state index contributed by atoms with van der Waals surface area (Å²) in [6.07, 6.45) is 2.04. The molecule has 0 bridgehead atoms. The molecule has 20 heavy (non-hydrogen) atoms. The standard InChI is InChI=1S/C12H15ClN4O3/c13-8-3-6(10(14)18)4-16-12(8)17-5-7-1-2-9(20-7)11(15)19/h3-4,7,9H,1-2,5H2,(H2,14,18)(H2,15,19)(H,16,17). The Kier molecular flexibility index (Phi) is 4.41. The summed E-state index contributed by atoms with van der Waals surface area (Å²) in [5.41, 5.74) is 10.5. The average Bonchev–Trinajstić information content (AvgIpc) is 2.86. The molecule has 2 unspecified atom stereocenters. The number of nitrogens with zero attached hydrogens (tertiary/aromatic N) is 1. The van der Waals surface area contributed by atoms with Crippen LogP contribution in [0.15, 0.2) is 12.3 Å². The van der Waals surface area contributed by atoms with Gasteiger partial charge in [0.2, 0.25) is 11.8 Å². The summed E-state index contributed by atoms with van der Waals surface area (Å²) < 4.78 is 5.46. The average molecular weight is 299 g/mol. The van der Waals surface area contributed by atoms with Crippen LogP contribution in [-0.2, 0) is 9.53 Å². The van der Waals surface area contributed by atoms with E-state index in [-0.39, 0.29) is 11.7 Å². The Labute approximate surface area is 120 Å². The minimum absolute atomic E-state index is 0.124. The monoisotopic (exact) mass is 298 g/mol. The molecule has 0 saturated carbocycles. The van der Waals surface area contributed by atoms with E-state index in [9.17, 15) is 9.59 Å². The van der Waals surface area contributed by atoms with Gasteiger partial charge in [0.25, 0.3) is 0 Å². The Morgan fingerprint density at radius 1 is 1.45 bits per heavy atom. The first-order valence-corrected chi connectivity index (χ1v) is 6.49. The van der Waals surface area contributed by atoms with E-state index >= 15 is 0 Å². The van der Waals surface area contributed by atoms with Crippen molar-refractivity contribution in [1.29, 1.82) is 0 Å². The molecule has 0 spiro atoms. The van der Waals surface area contributed by atoms with Gasteiger partial charge in [-0.25, -0.2) is 4.98 Å². The number of halogens is 1. The SMILES string of the molecule is NC(=O)c1cnc(NCC2CCC(C(N)=O)O2)c(Cl)c1. The van der Waals surface area contributed by atoms with E-state index in [0.717, 1.165) is 6.42 Å². The normalized spacial score (nSPS) is 21.6. The molecule has 1 aliphatic rings. The van der Waals surface area contributed by atoms with Crippen LogP contribution in [0.2, 0.25) is 5.02 Å². The van der Waals surface area contributed by atoms with E-state index in [0.29, 0.717) is 23.8 Å². The number of aromatic nitrogens is 1. The molecule has 1 aliphatic heterocycles. The van der Waals surface area contributed by atoms with Crippen LogP contribution in [0.25, 0.3) is 0 Å². The first-order chi connectivity index (χ1) is 9.47. The van der Waals surface area contributed by atoms with Crippen LogP contribution >= 0.6 is 11.6 Å². The highest BCUT2D eigenvalue weighted by atomic mass is 35.5. The van der Waals surface area contributed by atoms with E-state index in [1.165, 1.54) is 12.3 Å². The molecule has 0 aromatic carbocycles. The van der Waals surface area contributed by atoms with Crippen LogP contribution in [-0.4, -0.2) is 35.6 Å². The van der Waals surface area contributed by atoms with E-state index in [2.05, 4.69) is 10.3 Å². The van der Waals surface area contributed by atoms with Crippen molar-refractivity contribution < 1.29 is 14.3 Å². The molecule has 1 aromatic heterocycles. The van der Waals surface area contributed by atoms with Crippen molar-refractivity contribution in [1.82, 2.24) is 4.98 Å². The fourth-order valence-electron chi connectivity index (χ4n) is 1.98. The van der Waals surface area contributed by atoms with Crippen LogP contribution < -0.4 is 16.8 Å². The van der Waals surface area contributed by atoms with Crippen molar-refractivity contribution in [3.63, 3.8) is 0 Å². The van der Waals surface area contributed by atoms with Crippen LogP contribution in [0.4, 0.5) is 5.82 Å². The Balaban J connectivity index is 1.92. The largest absolute Gasteiger partial charge is 0.367 e. The van der Waals surface area contributed by atoms with E-state index in [1.54, 1.807) is 0 Å². The lowest BCUT2D eigenvalue weighted by atomic mass is 10.2. The maximum absolute atomic E-state index is 11.0. The smallest absolute Gasteiger partial charge is 0.250 e. The molecule has 108 valence electrons. The number of hydrogen-bond acceptors (Lipinski definition) is 5. The predicted octanol–water partition coefficient (Wildman–Crippen LogP) is 0.279. The predicted molar refractivity (Wildman–Crippen MR) is 73.3 cm³/mol. The second kappa shape index (κ2) is 6.06. The minimum atomic E-state index is -0.589. The maximum Gasteiger partial charge on any atom is 0.250 e. The number of nitrogens with one attached hydrogen (secondary N) is 1. The highest BCUT2D eigenvalue weighted by Gasteiger charge is 2.28. The molecule has 2 atom stereocenters. The summed E-state index contributed by atoms with van der Waals surface area (Å²) in [6.45, 7) is 0.451. The third-order valence-electron chi connectivity index (χ3n) is 3.05. The molecule has 7 nitrogen and oxygen atoms in total.